The quantitative estimate of drug-likeness (QED) is 0.674. The first kappa shape index (κ1) is 15.1. The molecule has 2 rings (SSSR count). The Morgan fingerprint density at radius 1 is 0.905 bits per heavy atom. The Morgan fingerprint density at radius 2 is 1.57 bits per heavy atom. The molecule has 0 bridgehead atoms. The highest BCUT2D eigenvalue weighted by Crippen LogP contribution is 2.24. The number of halogens is 4. The number of anilines is 2. The van der Waals surface area contributed by atoms with E-state index in [1.807, 2.05) is 0 Å². The third kappa shape index (κ3) is 3.07. The van der Waals surface area contributed by atoms with Gasteiger partial charge < -0.3 is 5.73 Å². The third-order valence-corrected chi connectivity index (χ3v) is 3.89. The van der Waals surface area contributed by atoms with Crippen LogP contribution >= 0.6 is 0 Å². The van der Waals surface area contributed by atoms with Gasteiger partial charge in [-0.3, -0.25) is 4.72 Å². The molecular weight excluding hydrogens is 312 g/mol. The van der Waals surface area contributed by atoms with E-state index >= 15 is 0 Å². The van der Waals surface area contributed by atoms with E-state index in [1.54, 1.807) is 4.72 Å². The predicted octanol–water partition coefficient (Wildman–Crippen LogP) is 2.63. The highest BCUT2D eigenvalue weighted by atomic mass is 32.2. The molecule has 0 aliphatic heterocycles. The average molecular weight is 320 g/mol. The Hall–Kier alpha value is -2.29. The standard InChI is InChI=1S/C12H8F4N2O2S/c13-6-1-2-7(14)11(3-6)18-21(19,20)12-5-10(17)8(15)4-9(12)16/h1-5,18H,17H2. The molecule has 4 nitrogen and oxygen atoms in total. The zero-order valence-electron chi connectivity index (χ0n) is 10.2. The van der Waals surface area contributed by atoms with Gasteiger partial charge in [0.15, 0.2) is 0 Å². The number of rotatable bonds is 3. The normalized spacial score (nSPS) is 11.4. The van der Waals surface area contributed by atoms with Crippen LogP contribution in [0.3, 0.4) is 0 Å². The van der Waals surface area contributed by atoms with Gasteiger partial charge in [0.25, 0.3) is 10.0 Å². The Bertz CT molecular complexity index is 809. The molecule has 0 spiro atoms. The first-order valence-corrected chi connectivity index (χ1v) is 6.91. The molecule has 21 heavy (non-hydrogen) atoms. The lowest BCUT2D eigenvalue weighted by Gasteiger charge is -2.10. The van der Waals surface area contributed by atoms with Crippen molar-refractivity contribution < 1.29 is 26.0 Å². The zero-order chi connectivity index (χ0) is 15.8. The molecule has 3 N–H and O–H groups in total. The van der Waals surface area contributed by atoms with Crippen LogP contribution in [0.1, 0.15) is 0 Å². The minimum atomic E-state index is -4.60. The molecular formula is C12H8F4N2O2S. The SMILES string of the molecule is Nc1cc(S(=O)(=O)Nc2cc(F)ccc2F)c(F)cc1F. The van der Waals surface area contributed by atoms with Crippen molar-refractivity contribution in [3.8, 4) is 0 Å². The van der Waals surface area contributed by atoms with Gasteiger partial charge in [0.05, 0.1) is 11.4 Å². The molecule has 2 aromatic carbocycles. The van der Waals surface area contributed by atoms with E-state index in [-0.39, 0.29) is 6.07 Å². The van der Waals surface area contributed by atoms with E-state index in [2.05, 4.69) is 0 Å². The van der Waals surface area contributed by atoms with Crippen LogP contribution < -0.4 is 10.5 Å². The highest BCUT2D eigenvalue weighted by Gasteiger charge is 2.22. The summed E-state index contributed by atoms with van der Waals surface area (Å²) in [5, 5.41) is 0. The second-order valence-electron chi connectivity index (χ2n) is 4.03. The fraction of sp³-hybridized carbons (Fsp3) is 0. The van der Waals surface area contributed by atoms with Gasteiger partial charge in [0, 0.05) is 12.1 Å². The lowest BCUT2D eigenvalue weighted by atomic mass is 10.3. The first-order chi connectivity index (χ1) is 9.70. The number of hydrogen-bond acceptors (Lipinski definition) is 3. The molecule has 0 saturated heterocycles. The average Bonchev–Trinajstić information content (AvgIpc) is 2.37. The van der Waals surface area contributed by atoms with Crippen molar-refractivity contribution in [3.63, 3.8) is 0 Å². The maximum absolute atomic E-state index is 13.5. The van der Waals surface area contributed by atoms with Gasteiger partial charge in [-0.25, -0.2) is 26.0 Å². The Kier molecular flexibility index (Phi) is 3.77. The molecule has 0 atom stereocenters. The highest BCUT2D eigenvalue weighted by molar-refractivity contribution is 7.92. The molecule has 2 aromatic rings. The van der Waals surface area contributed by atoms with Crippen LogP contribution in [0.15, 0.2) is 35.2 Å². The lowest BCUT2D eigenvalue weighted by molar-refractivity contribution is 0.552. The predicted molar refractivity (Wildman–Crippen MR) is 67.9 cm³/mol. The lowest BCUT2D eigenvalue weighted by Crippen LogP contribution is -2.16. The van der Waals surface area contributed by atoms with Crippen molar-refractivity contribution in [1.29, 1.82) is 0 Å². The van der Waals surface area contributed by atoms with E-state index < -0.39 is 49.6 Å². The van der Waals surface area contributed by atoms with Gasteiger partial charge in [-0.1, -0.05) is 0 Å². The Labute approximate surface area is 117 Å². The molecule has 0 radical (unpaired) electrons. The number of nitrogens with two attached hydrogens (primary N) is 1. The number of benzene rings is 2. The van der Waals surface area contributed by atoms with E-state index in [1.165, 1.54) is 0 Å². The number of sulfonamides is 1. The Balaban J connectivity index is 2.48. The summed E-state index contributed by atoms with van der Waals surface area (Å²) >= 11 is 0. The smallest absolute Gasteiger partial charge is 0.264 e. The van der Waals surface area contributed by atoms with E-state index in [4.69, 9.17) is 5.73 Å². The van der Waals surface area contributed by atoms with Crippen molar-refractivity contribution in [1.82, 2.24) is 0 Å². The molecule has 0 amide bonds. The van der Waals surface area contributed by atoms with Crippen LogP contribution in [0.4, 0.5) is 28.9 Å². The van der Waals surface area contributed by atoms with Crippen LogP contribution in [0, 0.1) is 23.3 Å². The Morgan fingerprint density at radius 3 is 2.24 bits per heavy atom. The molecule has 9 heteroatoms. The summed E-state index contributed by atoms with van der Waals surface area (Å²) in [5.41, 5.74) is 3.85. The van der Waals surface area contributed by atoms with E-state index in [0.29, 0.717) is 18.2 Å². The molecule has 0 aromatic heterocycles. The van der Waals surface area contributed by atoms with Gasteiger partial charge in [-0.05, 0) is 18.2 Å². The summed E-state index contributed by atoms with van der Waals surface area (Å²) in [4.78, 5) is -0.981. The number of nitrogens with one attached hydrogen (secondary N) is 1. The minimum Gasteiger partial charge on any atom is -0.396 e. The van der Waals surface area contributed by atoms with Gasteiger partial charge in [-0.2, -0.15) is 0 Å². The molecule has 0 unspecified atom stereocenters. The van der Waals surface area contributed by atoms with Crippen LogP contribution in [-0.2, 0) is 10.0 Å². The van der Waals surface area contributed by atoms with Crippen LogP contribution in [0.2, 0.25) is 0 Å². The van der Waals surface area contributed by atoms with Crippen LogP contribution in [0.25, 0.3) is 0 Å². The fourth-order valence-corrected chi connectivity index (χ4v) is 2.68. The van der Waals surface area contributed by atoms with Crippen LogP contribution in [-0.4, -0.2) is 8.42 Å². The maximum atomic E-state index is 13.5. The molecule has 0 aliphatic rings. The summed E-state index contributed by atoms with van der Waals surface area (Å²) in [6, 6.07) is 2.89. The molecule has 0 saturated carbocycles. The zero-order valence-corrected chi connectivity index (χ0v) is 11.0. The summed E-state index contributed by atoms with van der Waals surface area (Å²) in [5.74, 6) is -4.50. The van der Waals surface area contributed by atoms with Gasteiger partial charge in [0.1, 0.15) is 28.2 Å². The van der Waals surface area contributed by atoms with Crippen molar-refractivity contribution in [2.45, 2.75) is 4.90 Å². The maximum Gasteiger partial charge on any atom is 0.264 e. The van der Waals surface area contributed by atoms with Crippen LogP contribution in [0.5, 0.6) is 0 Å². The molecule has 0 heterocycles. The minimum absolute atomic E-state index is 0.284. The second kappa shape index (κ2) is 5.24. The van der Waals surface area contributed by atoms with Gasteiger partial charge >= 0.3 is 0 Å². The van der Waals surface area contributed by atoms with E-state index in [0.717, 1.165) is 6.07 Å². The summed E-state index contributed by atoms with van der Waals surface area (Å²) < 4.78 is 78.4. The monoisotopic (exact) mass is 320 g/mol. The molecule has 0 aliphatic carbocycles. The third-order valence-electron chi connectivity index (χ3n) is 2.51. The number of nitrogen functional groups attached to an aromatic ring is 1. The summed E-state index contributed by atoms with van der Waals surface area (Å²) in [6.07, 6.45) is 0. The molecule has 112 valence electrons. The largest absolute Gasteiger partial charge is 0.396 e. The van der Waals surface area contributed by atoms with Crippen molar-refractivity contribution in [2.24, 2.45) is 0 Å². The number of hydrogen-bond donors (Lipinski definition) is 2. The second-order valence-corrected chi connectivity index (χ2v) is 5.68. The van der Waals surface area contributed by atoms with Crippen molar-refractivity contribution in [3.05, 3.63) is 53.6 Å². The fourth-order valence-electron chi connectivity index (χ4n) is 1.53. The van der Waals surface area contributed by atoms with Crippen molar-refractivity contribution in [2.75, 3.05) is 10.5 Å². The van der Waals surface area contributed by atoms with Crippen molar-refractivity contribution >= 4 is 21.4 Å². The van der Waals surface area contributed by atoms with E-state index in [9.17, 15) is 26.0 Å². The summed E-state index contributed by atoms with van der Waals surface area (Å²) in [7, 11) is -4.60. The molecule has 0 fully saturated rings. The topological polar surface area (TPSA) is 72.2 Å². The first-order valence-electron chi connectivity index (χ1n) is 5.43. The van der Waals surface area contributed by atoms with Gasteiger partial charge in [0.2, 0.25) is 0 Å². The van der Waals surface area contributed by atoms with Gasteiger partial charge in [-0.15, -0.1) is 0 Å². The summed E-state index contributed by atoms with van der Waals surface area (Å²) in [6.45, 7) is 0.